The molecule has 0 radical (unpaired) electrons. The minimum absolute atomic E-state index is 0.0923. The Kier molecular flexibility index (Phi) is 6.32. The van der Waals surface area contributed by atoms with Crippen molar-refractivity contribution in [2.45, 2.75) is 6.42 Å². The van der Waals surface area contributed by atoms with E-state index in [-0.39, 0.29) is 24.4 Å². The lowest BCUT2D eigenvalue weighted by atomic mass is 10.1. The summed E-state index contributed by atoms with van der Waals surface area (Å²) in [5.41, 5.74) is 0.0923. The van der Waals surface area contributed by atoms with Crippen molar-refractivity contribution in [1.29, 1.82) is 0 Å². The molecular formula is C12H14BrFO3. The average Bonchev–Trinajstić information content (AvgIpc) is 2.32. The minimum atomic E-state index is -0.505. The largest absolute Gasteiger partial charge is 0.382 e. The first-order chi connectivity index (χ1) is 8.15. The lowest BCUT2D eigenvalue weighted by Gasteiger charge is -2.04. The molecule has 0 aliphatic carbocycles. The van der Waals surface area contributed by atoms with Gasteiger partial charge in [-0.15, -0.1) is 0 Å². The summed E-state index contributed by atoms with van der Waals surface area (Å²) in [5.74, 6) is -0.767. The summed E-state index contributed by atoms with van der Waals surface area (Å²) in [4.78, 5) is 11.7. The maximum absolute atomic E-state index is 13.3. The molecule has 5 heteroatoms. The predicted octanol–water partition coefficient (Wildman–Crippen LogP) is 2.82. The number of carbonyl (C=O) groups is 1. The highest BCUT2D eigenvalue weighted by molar-refractivity contribution is 9.10. The maximum Gasteiger partial charge on any atom is 0.168 e. The van der Waals surface area contributed by atoms with Crippen LogP contribution in [0.3, 0.4) is 0 Å². The molecule has 0 saturated heterocycles. The topological polar surface area (TPSA) is 35.5 Å². The van der Waals surface area contributed by atoms with Crippen LogP contribution in [-0.4, -0.2) is 32.7 Å². The van der Waals surface area contributed by atoms with Crippen LogP contribution in [0.15, 0.2) is 22.7 Å². The SMILES string of the molecule is COCCOCCC(=O)c1cc(Br)ccc1F. The normalized spacial score (nSPS) is 10.5. The van der Waals surface area contributed by atoms with Crippen LogP contribution in [0.2, 0.25) is 0 Å². The van der Waals surface area contributed by atoms with E-state index in [1.165, 1.54) is 12.1 Å². The second-order valence-electron chi connectivity index (χ2n) is 3.40. The standard InChI is InChI=1S/C12H14BrFO3/c1-16-6-7-17-5-4-12(15)10-8-9(13)2-3-11(10)14/h2-3,8H,4-7H2,1H3. The molecule has 0 aliphatic rings. The first kappa shape index (κ1) is 14.3. The van der Waals surface area contributed by atoms with Crippen molar-refractivity contribution in [3.05, 3.63) is 34.1 Å². The van der Waals surface area contributed by atoms with Crippen LogP contribution >= 0.6 is 15.9 Å². The van der Waals surface area contributed by atoms with Gasteiger partial charge in [-0.05, 0) is 18.2 Å². The summed E-state index contributed by atoms with van der Waals surface area (Å²) in [7, 11) is 1.57. The molecule has 0 atom stereocenters. The summed E-state index contributed by atoms with van der Waals surface area (Å²) >= 11 is 3.20. The minimum Gasteiger partial charge on any atom is -0.382 e. The highest BCUT2D eigenvalue weighted by Gasteiger charge is 2.11. The van der Waals surface area contributed by atoms with E-state index in [4.69, 9.17) is 9.47 Å². The zero-order valence-corrected chi connectivity index (χ0v) is 11.1. The van der Waals surface area contributed by atoms with Gasteiger partial charge in [0, 0.05) is 18.0 Å². The van der Waals surface area contributed by atoms with E-state index < -0.39 is 5.82 Å². The highest BCUT2D eigenvalue weighted by Crippen LogP contribution is 2.16. The van der Waals surface area contributed by atoms with Gasteiger partial charge < -0.3 is 9.47 Å². The van der Waals surface area contributed by atoms with Crippen molar-refractivity contribution >= 4 is 21.7 Å². The number of methoxy groups -OCH3 is 1. The van der Waals surface area contributed by atoms with Gasteiger partial charge in [0.15, 0.2) is 5.78 Å². The number of ketones is 1. The van der Waals surface area contributed by atoms with Gasteiger partial charge in [-0.1, -0.05) is 15.9 Å². The number of rotatable bonds is 7. The average molecular weight is 305 g/mol. The van der Waals surface area contributed by atoms with Gasteiger partial charge in [0.05, 0.1) is 25.4 Å². The predicted molar refractivity (Wildman–Crippen MR) is 65.7 cm³/mol. The Labute approximate surface area is 108 Å². The molecule has 0 bridgehead atoms. The van der Waals surface area contributed by atoms with Crippen molar-refractivity contribution in [1.82, 2.24) is 0 Å². The lowest BCUT2D eigenvalue weighted by molar-refractivity contribution is 0.0640. The molecule has 0 unspecified atom stereocenters. The molecule has 0 N–H and O–H groups in total. The molecule has 0 heterocycles. The zero-order valence-electron chi connectivity index (χ0n) is 9.54. The van der Waals surface area contributed by atoms with Crippen LogP contribution in [-0.2, 0) is 9.47 Å². The van der Waals surface area contributed by atoms with Crippen LogP contribution in [0.25, 0.3) is 0 Å². The maximum atomic E-state index is 13.3. The number of carbonyl (C=O) groups excluding carboxylic acids is 1. The summed E-state index contributed by atoms with van der Waals surface area (Å²) in [6.07, 6.45) is 0.164. The quantitative estimate of drug-likeness (QED) is 0.574. The van der Waals surface area contributed by atoms with Crippen LogP contribution in [0, 0.1) is 5.82 Å². The lowest BCUT2D eigenvalue weighted by Crippen LogP contribution is -2.09. The summed E-state index contributed by atoms with van der Waals surface area (Å²) < 4.78 is 24.0. The molecule has 1 aromatic carbocycles. The summed E-state index contributed by atoms with van der Waals surface area (Å²) in [5, 5.41) is 0. The number of hydrogen-bond donors (Lipinski definition) is 0. The van der Waals surface area contributed by atoms with Crippen LogP contribution in [0.4, 0.5) is 4.39 Å². The van der Waals surface area contributed by atoms with E-state index in [1.807, 2.05) is 0 Å². The van der Waals surface area contributed by atoms with E-state index in [0.717, 1.165) is 0 Å². The molecule has 94 valence electrons. The third-order valence-corrected chi connectivity index (χ3v) is 2.63. The Morgan fingerprint density at radius 1 is 1.35 bits per heavy atom. The fraction of sp³-hybridized carbons (Fsp3) is 0.417. The molecule has 0 amide bonds. The van der Waals surface area contributed by atoms with Crippen molar-refractivity contribution in [2.75, 3.05) is 26.9 Å². The van der Waals surface area contributed by atoms with Crippen molar-refractivity contribution in [3.63, 3.8) is 0 Å². The molecule has 0 spiro atoms. The Bertz CT molecular complexity index is 382. The van der Waals surface area contributed by atoms with Crippen LogP contribution in [0.1, 0.15) is 16.8 Å². The number of benzene rings is 1. The second kappa shape index (κ2) is 7.53. The van der Waals surface area contributed by atoms with Crippen LogP contribution < -0.4 is 0 Å². The van der Waals surface area contributed by atoms with E-state index in [9.17, 15) is 9.18 Å². The molecule has 0 aromatic heterocycles. The van der Waals surface area contributed by atoms with E-state index >= 15 is 0 Å². The van der Waals surface area contributed by atoms with Gasteiger partial charge >= 0.3 is 0 Å². The van der Waals surface area contributed by atoms with Gasteiger partial charge in [-0.2, -0.15) is 0 Å². The molecule has 0 saturated carbocycles. The molecule has 0 fully saturated rings. The third-order valence-electron chi connectivity index (χ3n) is 2.13. The summed E-state index contributed by atoms with van der Waals surface area (Å²) in [6.45, 7) is 1.19. The van der Waals surface area contributed by atoms with Gasteiger partial charge in [-0.3, -0.25) is 4.79 Å². The van der Waals surface area contributed by atoms with Crippen molar-refractivity contribution in [3.8, 4) is 0 Å². The number of ether oxygens (including phenoxy) is 2. The van der Waals surface area contributed by atoms with E-state index in [1.54, 1.807) is 13.2 Å². The molecule has 17 heavy (non-hydrogen) atoms. The monoisotopic (exact) mass is 304 g/mol. The fourth-order valence-electron chi connectivity index (χ4n) is 1.26. The Morgan fingerprint density at radius 2 is 2.12 bits per heavy atom. The van der Waals surface area contributed by atoms with Crippen molar-refractivity contribution in [2.24, 2.45) is 0 Å². The Balaban J connectivity index is 2.44. The second-order valence-corrected chi connectivity index (χ2v) is 4.32. The number of halogens is 2. The zero-order chi connectivity index (χ0) is 12.7. The number of Topliss-reactive ketones (excluding diaryl/α,β-unsaturated/α-hetero) is 1. The fourth-order valence-corrected chi connectivity index (χ4v) is 1.62. The molecule has 3 nitrogen and oxygen atoms in total. The van der Waals surface area contributed by atoms with Crippen LogP contribution in [0.5, 0.6) is 0 Å². The molecule has 1 rings (SSSR count). The first-order valence-corrected chi connectivity index (χ1v) is 5.99. The number of hydrogen-bond acceptors (Lipinski definition) is 3. The Morgan fingerprint density at radius 3 is 2.82 bits per heavy atom. The molecule has 0 aliphatic heterocycles. The van der Waals surface area contributed by atoms with Gasteiger partial charge in [0.1, 0.15) is 5.82 Å². The first-order valence-electron chi connectivity index (χ1n) is 5.20. The van der Waals surface area contributed by atoms with E-state index in [0.29, 0.717) is 17.7 Å². The van der Waals surface area contributed by atoms with Gasteiger partial charge in [-0.25, -0.2) is 4.39 Å². The smallest absolute Gasteiger partial charge is 0.168 e. The third kappa shape index (κ3) is 4.93. The Hall–Kier alpha value is -0.780. The molecule has 1 aromatic rings. The highest BCUT2D eigenvalue weighted by atomic mass is 79.9. The summed E-state index contributed by atoms with van der Waals surface area (Å²) in [6, 6.07) is 4.30. The van der Waals surface area contributed by atoms with Gasteiger partial charge in [0.2, 0.25) is 0 Å². The van der Waals surface area contributed by atoms with Gasteiger partial charge in [0.25, 0.3) is 0 Å². The molecular weight excluding hydrogens is 291 g/mol. The van der Waals surface area contributed by atoms with E-state index in [2.05, 4.69) is 15.9 Å². The van der Waals surface area contributed by atoms with Crippen molar-refractivity contribution < 1.29 is 18.7 Å².